The minimum absolute atomic E-state index is 0.0108. The van der Waals surface area contributed by atoms with Crippen molar-refractivity contribution < 1.29 is 9.59 Å². The third-order valence-corrected chi connectivity index (χ3v) is 4.55. The van der Waals surface area contributed by atoms with Crippen LogP contribution < -0.4 is 5.32 Å². The number of para-hydroxylation sites is 1. The second kappa shape index (κ2) is 8.02. The molecule has 4 nitrogen and oxygen atoms in total. The number of nitrogens with zero attached hydrogens (tertiary/aromatic N) is 1. The number of likely N-dealkylation sites (N-methyl/N-ethyl adjacent to an activating group) is 1. The van der Waals surface area contributed by atoms with Gasteiger partial charge < -0.3 is 10.2 Å². The molecule has 1 N–H and O–H groups in total. The van der Waals surface area contributed by atoms with Crippen LogP contribution in [0.25, 0.3) is 0 Å². The maximum atomic E-state index is 12.4. The highest BCUT2D eigenvalue weighted by Gasteiger charge is 2.16. The first kappa shape index (κ1) is 18.1. The Hall–Kier alpha value is -2.27. The molecule has 2 rings (SSSR count). The Bertz CT molecular complexity index is 721. The van der Waals surface area contributed by atoms with Crippen LogP contribution in [-0.4, -0.2) is 36.6 Å². The van der Waals surface area contributed by atoms with Crippen molar-refractivity contribution in [2.24, 2.45) is 0 Å². The first-order valence-corrected chi connectivity index (χ1v) is 8.90. The quantitative estimate of drug-likeness (QED) is 0.842. The number of amides is 2. The highest BCUT2D eigenvalue weighted by molar-refractivity contribution is 7.98. The average Bonchev–Trinajstić information content (AvgIpc) is 2.57. The normalized spacial score (nSPS) is 10.3. The van der Waals surface area contributed by atoms with E-state index in [1.807, 2.05) is 50.4 Å². The van der Waals surface area contributed by atoms with E-state index < -0.39 is 0 Å². The molecule has 5 heteroatoms. The average molecular weight is 342 g/mol. The lowest BCUT2D eigenvalue weighted by Gasteiger charge is -2.18. The summed E-state index contributed by atoms with van der Waals surface area (Å²) >= 11 is 1.62. The molecule has 0 aromatic heterocycles. The van der Waals surface area contributed by atoms with E-state index in [0.717, 1.165) is 21.7 Å². The zero-order valence-electron chi connectivity index (χ0n) is 14.4. The Kier molecular flexibility index (Phi) is 6.04. The van der Waals surface area contributed by atoms with E-state index in [4.69, 9.17) is 0 Å². The molecule has 24 heavy (non-hydrogen) atoms. The number of thioether (sulfide) groups is 1. The number of nitrogens with one attached hydrogen (secondary N) is 1. The van der Waals surface area contributed by atoms with Gasteiger partial charge in [-0.1, -0.05) is 18.2 Å². The van der Waals surface area contributed by atoms with Gasteiger partial charge in [0.2, 0.25) is 5.91 Å². The van der Waals surface area contributed by atoms with E-state index >= 15 is 0 Å². The zero-order valence-corrected chi connectivity index (χ0v) is 15.2. The van der Waals surface area contributed by atoms with Gasteiger partial charge in [0.05, 0.1) is 6.54 Å². The molecule has 0 saturated carbocycles. The van der Waals surface area contributed by atoms with Gasteiger partial charge in [0.15, 0.2) is 0 Å². The predicted molar refractivity (Wildman–Crippen MR) is 99.7 cm³/mol. The van der Waals surface area contributed by atoms with Crippen molar-refractivity contribution in [2.75, 3.05) is 25.2 Å². The third kappa shape index (κ3) is 4.38. The Morgan fingerprint density at radius 3 is 2.17 bits per heavy atom. The van der Waals surface area contributed by atoms with Crippen LogP contribution >= 0.6 is 11.8 Å². The molecule has 2 aromatic rings. The first-order chi connectivity index (χ1) is 11.4. The van der Waals surface area contributed by atoms with E-state index in [9.17, 15) is 9.59 Å². The van der Waals surface area contributed by atoms with Gasteiger partial charge in [-0.05, 0) is 55.5 Å². The maximum Gasteiger partial charge on any atom is 0.254 e. The van der Waals surface area contributed by atoms with Crippen LogP contribution in [0.3, 0.4) is 0 Å². The molecule has 0 aliphatic rings. The van der Waals surface area contributed by atoms with Crippen molar-refractivity contribution in [1.29, 1.82) is 0 Å². The fourth-order valence-corrected chi connectivity index (χ4v) is 2.84. The molecule has 0 aliphatic heterocycles. The largest absolute Gasteiger partial charge is 0.332 e. The standard InChI is InChI=1S/C19H22N2O2S/c1-13-6-5-7-14(2)18(13)20-17(22)12-21(3)19(23)15-8-10-16(24-4)11-9-15/h5-11H,12H2,1-4H3,(H,20,22). The molecule has 126 valence electrons. The van der Waals surface area contributed by atoms with E-state index in [1.54, 1.807) is 30.9 Å². The van der Waals surface area contributed by atoms with Gasteiger partial charge in [0.1, 0.15) is 0 Å². The molecule has 0 atom stereocenters. The Balaban J connectivity index is 2.01. The number of benzene rings is 2. The number of rotatable bonds is 5. The number of anilines is 1. The molecular formula is C19H22N2O2S. The van der Waals surface area contributed by atoms with Crippen LogP contribution in [0.4, 0.5) is 5.69 Å². The zero-order chi connectivity index (χ0) is 17.7. The summed E-state index contributed by atoms with van der Waals surface area (Å²) in [6.45, 7) is 3.91. The van der Waals surface area contributed by atoms with Crippen molar-refractivity contribution >= 4 is 29.3 Å². The van der Waals surface area contributed by atoms with Gasteiger partial charge in [-0.15, -0.1) is 11.8 Å². The molecule has 2 aromatic carbocycles. The van der Waals surface area contributed by atoms with E-state index in [1.165, 1.54) is 4.90 Å². The van der Waals surface area contributed by atoms with Crippen LogP contribution in [0.15, 0.2) is 47.4 Å². The second-order valence-corrected chi connectivity index (χ2v) is 6.58. The lowest BCUT2D eigenvalue weighted by Crippen LogP contribution is -2.35. The van der Waals surface area contributed by atoms with Gasteiger partial charge in [-0.2, -0.15) is 0 Å². The number of carbonyl (C=O) groups excluding carboxylic acids is 2. The third-order valence-electron chi connectivity index (χ3n) is 3.81. The molecule has 2 amide bonds. The molecule has 0 unspecified atom stereocenters. The van der Waals surface area contributed by atoms with Crippen molar-refractivity contribution in [3.63, 3.8) is 0 Å². The lowest BCUT2D eigenvalue weighted by atomic mass is 10.1. The Morgan fingerprint density at radius 1 is 1.04 bits per heavy atom. The summed E-state index contributed by atoms with van der Waals surface area (Å²) < 4.78 is 0. The summed E-state index contributed by atoms with van der Waals surface area (Å²) in [6, 6.07) is 13.2. The molecular weight excluding hydrogens is 320 g/mol. The number of hydrogen-bond acceptors (Lipinski definition) is 3. The molecule has 0 heterocycles. The summed E-state index contributed by atoms with van der Waals surface area (Å²) in [4.78, 5) is 27.2. The van der Waals surface area contributed by atoms with Gasteiger partial charge in [-0.3, -0.25) is 9.59 Å². The van der Waals surface area contributed by atoms with Crippen molar-refractivity contribution in [3.8, 4) is 0 Å². The number of carbonyl (C=O) groups is 2. The van der Waals surface area contributed by atoms with Crippen LogP contribution in [0.5, 0.6) is 0 Å². The van der Waals surface area contributed by atoms with Gasteiger partial charge >= 0.3 is 0 Å². The van der Waals surface area contributed by atoms with Gasteiger partial charge in [-0.25, -0.2) is 0 Å². The number of aryl methyl sites for hydroxylation is 2. The van der Waals surface area contributed by atoms with E-state index in [0.29, 0.717) is 5.56 Å². The molecule has 0 radical (unpaired) electrons. The summed E-state index contributed by atoms with van der Waals surface area (Å²) in [5.74, 6) is -0.372. The molecule has 0 aliphatic carbocycles. The fourth-order valence-electron chi connectivity index (χ4n) is 2.43. The van der Waals surface area contributed by atoms with Crippen molar-refractivity contribution in [2.45, 2.75) is 18.7 Å². The van der Waals surface area contributed by atoms with E-state index in [-0.39, 0.29) is 18.4 Å². The second-order valence-electron chi connectivity index (χ2n) is 5.70. The molecule has 0 fully saturated rings. The van der Waals surface area contributed by atoms with Gasteiger partial charge in [0, 0.05) is 23.2 Å². The topological polar surface area (TPSA) is 49.4 Å². The van der Waals surface area contributed by atoms with Crippen molar-refractivity contribution in [3.05, 3.63) is 59.2 Å². The van der Waals surface area contributed by atoms with Crippen LogP contribution in [0.1, 0.15) is 21.5 Å². The van der Waals surface area contributed by atoms with Crippen LogP contribution in [0.2, 0.25) is 0 Å². The molecule has 0 bridgehead atoms. The lowest BCUT2D eigenvalue weighted by molar-refractivity contribution is -0.116. The monoisotopic (exact) mass is 342 g/mol. The van der Waals surface area contributed by atoms with Crippen LogP contribution in [-0.2, 0) is 4.79 Å². The van der Waals surface area contributed by atoms with Gasteiger partial charge in [0.25, 0.3) is 5.91 Å². The highest BCUT2D eigenvalue weighted by Crippen LogP contribution is 2.19. The minimum atomic E-state index is -0.205. The van der Waals surface area contributed by atoms with Crippen molar-refractivity contribution in [1.82, 2.24) is 4.90 Å². The SMILES string of the molecule is CSc1ccc(C(=O)N(C)CC(=O)Nc2c(C)cccc2C)cc1. The predicted octanol–water partition coefficient (Wildman–Crippen LogP) is 3.74. The summed E-state index contributed by atoms with van der Waals surface area (Å²) in [7, 11) is 1.63. The Morgan fingerprint density at radius 2 is 1.62 bits per heavy atom. The van der Waals surface area contributed by atoms with Crippen LogP contribution in [0, 0.1) is 13.8 Å². The molecule has 0 spiro atoms. The minimum Gasteiger partial charge on any atom is -0.332 e. The molecule has 0 saturated heterocycles. The smallest absolute Gasteiger partial charge is 0.254 e. The van der Waals surface area contributed by atoms with E-state index in [2.05, 4.69) is 5.32 Å². The summed E-state index contributed by atoms with van der Waals surface area (Å²) in [6.07, 6.45) is 1.99. The summed E-state index contributed by atoms with van der Waals surface area (Å²) in [5, 5.41) is 2.90. The number of hydrogen-bond donors (Lipinski definition) is 1. The fraction of sp³-hybridized carbons (Fsp3) is 0.263. The maximum absolute atomic E-state index is 12.4. The highest BCUT2D eigenvalue weighted by atomic mass is 32.2. The first-order valence-electron chi connectivity index (χ1n) is 7.68. The summed E-state index contributed by atoms with van der Waals surface area (Å²) in [5.41, 5.74) is 3.40. The Labute approximate surface area is 147 Å².